The second-order valence-electron chi connectivity index (χ2n) is 11.8. The number of rotatable bonds is 13. The lowest BCUT2D eigenvalue weighted by Crippen LogP contribution is -2.54. The summed E-state index contributed by atoms with van der Waals surface area (Å²) < 4.78 is 29.8. The smallest absolute Gasteiger partial charge is 0.264 e. The van der Waals surface area contributed by atoms with Gasteiger partial charge in [-0.15, -0.1) is 0 Å². The van der Waals surface area contributed by atoms with E-state index in [1.807, 2.05) is 83.1 Å². The van der Waals surface area contributed by atoms with Gasteiger partial charge in [-0.2, -0.15) is 0 Å². The summed E-state index contributed by atoms with van der Waals surface area (Å²) in [5.74, 6) is -0.852. The number of sulfonamides is 1. The number of anilines is 1. The van der Waals surface area contributed by atoms with E-state index in [4.69, 9.17) is 11.6 Å². The molecule has 4 aromatic carbocycles. The Hall–Kier alpha value is -4.14. The van der Waals surface area contributed by atoms with Gasteiger partial charge in [-0.1, -0.05) is 96.9 Å². The molecule has 0 fully saturated rings. The van der Waals surface area contributed by atoms with E-state index in [1.165, 1.54) is 4.90 Å². The standard InChI is InChI=1S/C37H42ClN3O4S/c1-6-29(5)39-37(43)35(23-30-12-8-7-9-13-30)40(24-31-14-10-11-15-33(31)38)36(42)25-41(34-22-27(3)16-19-28(34)4)46(44,45)32-20-17-26(2)18-21-32/h7-22,29,35H,6,23-25H2,1-5H3,(H,39,43). The van der Waals surface area contributed by atoms with Crippen LogP contribution in [-0.2, 0) is 32.6 Å². The molecule has 9 heteroatoms. The molecule has 4 rings (SSSR count). The highest BCUT2D eigenvalue weighted by atomic mass is 35.5. The summed E-state index contributed by atoms with van der Waals surface area (Å²) in [6, 6.07) is 27.6. The summed E-state index contributed by atoms with van der Waals surface area (Å²) in [5.41, 5.74) is 4.36. The molecule has 242 valence electrons. The molecule has 2 amide bonds. The Morgan fingerprint density at radius 1 is 0.848 bits per heavy atom. The molecule has 0 aromatic heterocycles. The molecular weight excluding hydrogens is 618 g/mol. The largest absolute Gasteiger partial charge is 0.352 e. The Kier molecular flexibility index (Phi) is 11.7. The predicted octanol–water partition coefficient (Wildman–Crippen LogP) is 7.02. The first-order valence-corrected chi connectivity index (χ1v) is 17.3. The van der Waals surface area contributed by atoms with Crippen LogP contribution < -0.4 is 9.62 Å². The van der Waals surface area contributed by atoms with Crippen molar-refractivity contribution in [3.63, 3.8) is 0 Å². The third-order valence-corrected chi connectivity index (χ3v) is 10.2. The van der Waals surface area contributed by atoms with Gasteiger partial charge >= 0.3 is 0 Å². The summed E-state index contributed by atoms with van der Waals surface area (Å²) in [7, 11) is -4.19. The van der Waals surface area contributed by atoms with Crippen molar-refractivity contribution in [2.45, 2.75) is 71.0 Å². The number of nitrogens with one attached hydrogen (secondary N) is 1. The van der Waals surface area contributed by atoms with Crippen molar-refractivity contribution in [2.75, 3.05) is 10.8 Å². The Balaban J connectivity index is 1.85. The van der Waals surface area contributed by atoms with Gasteiger partial charge in [0.05, 0.1) is 10.6 Å². The molecule has 0 spiro atoms. The van der Waals surface area contributed by atoms with Crippen LogP contribution in [0.25, 0.3) is 0 Å². The molecule has 0 aliphatic rings. The van der Waals surface area contributed by atoms with E-state index in [0.717, 1.165) is 21.0 Å². The third kappa shape index (κ3) is 8.56. The summed E-state index contributed by atoms with van der Waals surface area (Å²) in [4.78, 5) is 30.2. The van der Waals surface area contributed by atoms with Crippen LogP contribution in [0.5, 0.6) is 0 Å². The Morgan fingerprint density at radius 3 is 2.13 bits per heavy atom. The third-order valence-electron chi connectivity index (χ3n) is 8.09. The topological polar surface area (TPSA) is 86.8 Å². The zero-order valence-electron chi connectivity index (χ0n) is 27.0. The fraction of sp³-hybridized carbons (Fsp3) is 0.297. The van der Waals surface area contributed by atoms with Crippen LogP contribution in [-0.4, -0.2) is 43.8 Å². The number of hydrogen-bond donors (Lipinski definition) is 1. The Bertz CT molecular complexity index is 1760. The zero-order valence-corrected chi connectivity index (χ0v) is 28.6. The maximum absolute atomic E-state index is 14.7. The number of carbonyl (C=O) groups is 2. The predicted molar refractivity (Wildman–Crippen MR) is 185 cm³/mol. The van der Waals surface area contributed by atoms with Crippen LogP contribution in [0.3, 0.4) is 0 Å². The number of halogens is 1. The van der Waals surface area contributed by atoms with Crippen LogP contribution in [0.2, 0.25) is 5.02 Å². The van der Waals surface area contributed by atoms with Gasteiger partial charge in [-0.3, -0.25) is 13.9 Å². The quantitative estimate of drug-likeness (QED) is 0.167. The van der Waals surface area contributed by atoms with Crippen molar-refractivity contribution in [2.24, 2.45) is 0 Å². The van der Waals surface area contributed by atoms with E-state index in [9.17, 15) is 18.0 Å². The Labute approximate surface area is 278 Å². The van der Waals surface area contributed by atoms with Crippen molar-refractivity contribution >= 4 is 39.1 Å². The molecule has 0 radical (unpaired) electrons. The highest BCUT2D eigenvalue weighted by Gasteiger charge is 2.35. The van der Waals surface area contributed by atoms with E-state index >= 15 is 0 Å². The molecule has 0 aliphatic carbocycles. The van der Waals surface area contributed by atoms with Crippen LogP contribution >= 0.6 is 11.6 Å². The van der Waals surface area contributed by atoms with Crippen LogP contribution in [0, 0.1) is 20.8 Å². The number of benzene rings is 4. The summed E-state index contributed by atoms with van der Waals surface area (Å²) >= 11 is 6.58. The van der Waals surface area contributed by atoms with Gasteiger partial charge in [0.15, 0.2) is 0 Å². The minimum atomic E-state index is -4.19. The molecule has 0 saturated carbocycles. The lowest BCUT2D eigenvalue weighted by atomic mass is 10.0. The molecule has 0 heterocycles. The van der Waals surface area contributed by atoms with Crippen LogP contribution in [0.4, 0.5) is 5.69 Å². The zero-order chi connectivity index (χ0) is 33.4. The minimum Gasteiger partial charge on any atom is -0.352 e. The average Bonchev–Trinajstić information content (AvgIpc) is 3.04. The fourth-order valence-electron chi connectivity index (χ4n) is 5.14. The first-order chi connectivity index (χ1) is 21.9. The average molecular weight is 660 g/mol. The van der Waals surface area contributed by atoms with Crippen molar-refractivity contribution < 1.29 is 18.0 Å². The molecule has 2 unspecified atom stereocenters. The van der Waals surface area contributed by atoms with E-state index < -0.39 is 28.5 Å². The molecule has 0 aliphatic heterocycles. The number of amides is 2. The normalized spacial score (nSPS) is 12.7. The first-order valence-electron chi connectivity index (χ1n) is 15.4. The fourth-order valence-corrected chi connectivity index (χ4v) is 6.81. The summed E-state index contributed by atoms with van der Waals surface area (Å²) in [6.45, 7) is 8.95. The van der Waals surface area contributed by atoms with Crippen LogP contribution in [0.1, 0.15) is 48.1 Å². The van der Waals surface area contributed by atoms with Gasteiger partial charge in [-0.25, -0.2) is 8.42 Å². The highest BCUT2D eigenvalue weighted by Crippen LogP contribution is 2.29. The van der Waals surface area contributed by atoms with Gasteiger partial charge in [-0.05, 0) is 80.6 Å². The van der Waals surface area contributed by atoms with Gasteiger partial charge in [0.25, 0.3) is 10.0 Å². The summed E-state index contributed by atoms with van der Waals surface area (Å²) in [6.07, 6.45) is 0.935. The molecule has 2 atom stereocenters. The van der Waals surface area contributed by atoms with Gasteiger partial charge in [0.1, 0.15) is 12.6 Å². The SMILES string of the molecule is CCC(C)NC(=O)C(Cc1ccccc1)N(Cc1ccccc1Cl)C(=O)CN(c1cc(C)ccc1C)S(=O)(=O)c1ccc(C)cc1. The molecule has 0 bridgehead atoms. The van der Waals surface area contributed by atoms with Crippen molar-refractivity contribution in [1.82, 2.24) is 10.2 Å². The monoisotopic (exact) mass is 659 g/mol. The van der Waals surface area contributed by atoms with Crippen LogP contribution in [0.15, 0.2) is 102 Å². The number of hydrogen-bond acceptors (Lipinski definition) is 4. The number of carbonyl (C=O) groups excluding carboxylic acids is 2. The summed E-state index contributed by atoms with van der Waals surface area (Å²) in [5, 5.41) is 3.50. The maximum Gasteiger partial charge on any atom is 0.264 e. The van der Waals surface area contributed by atoms with Gasteiger partial charge in [0, 0.05) is 24.0 Å². The van der Waals surface area contributed by atoms with E-state index in [-0.39, 0.29) is 29.8 Å². The Morgan fingerprint density at radius 2 is 1.48 bits per heavy atom. The lowest BCUT2D eigenvalue weighted by molar-refractivity contribution is -0.140. The molecule has 46 heavy (non-hydrogen) atoms. The molecule has 4 aromatic rings. The maximum atomic E-state index is 14.7. The van der Waals surface area contributed by atoms with E-state index in [0.29, 0.717) is 28.3 Å². The first kappa shape index (κ1) is 34.7. The molecule has 7 nitrogen and oxygen atoms in total. The van der Waals surface area contributed by atoms with E-state index in [1.54, 1.807) is 48.5 Å². The molecular formula is C37H42ClN3O4S. The van der Waals surface area contributed by atoms with Crippen molar-refractivity contribution in [3.8, 4) is 0 Å². The highest BCUT2D eigenvalue weighted by molar-refractivity contribution is 7.92. The number of nitrogens with zero attached hydrogens (tertiary/aromatic N) is 2. The number of aryl methyl sites for hydroxylation is 3. The second-order valence-corrected chi connectivity index (χ2v) is 14.0. The molecule has 0 saturated heterocycles. The second kappa shape index (κ2) is 15.4. The minimum absolute atomic E-state index is 0.00908. The van der Waals surface area contributed by atoms with Crippen molar-refractivity contribution in [1.29, 1.82) is 0 Å². The van der Waals surface area contributed by atoms with Gasteiger partial charge < -0.3 is 10.2 Å². The lowest BCUT2D eigenvalue weighted by Gasteiger charge is -2.35. The van der Waals surface area contributed by atoms with E-state index in [2.05, 4.69) is 5.32 Å². The molecule has 1 N–H and O–H groups in total. The van der Waals surface area contributed by atoms with Crippen molar-refractivity contribution in [3.05, 3.63) is 130 Å². The van der Waals surface area contributed by atoms with Gasteiger partial charge in [0.2, 0.25) is 11.8 Å².